The monoisotopic (exact) mass is 415 g/mol. The fourth-order valence-electron chi connectivity index (χ4n) is 1.66. The maximum absolute atomic E-state index is 11.9. The first-order valence-electron chi connectivity index (χ1n) is 6.26. The molecule has 23 heavy (non-hydrogen) atoms. The molecule has 0 bridgehead atoms. The molecule has 11 nitrogen and oxygen atoms in total. The quantitative estimate of drug-likeness (QED) is 0.199. The van der Waals surface area contributed by atoms with E-state index in [1.165, 1.54) is 0 Å². The van der Waals surface area contributed by atoms with Gasteiger partial charge < -0.3 is 0 Å². The van der Waals surface area contributed by atoms with Gasteiger partial charge in [-0.2, -0.15) is 0 Å². The van der Waals surface area contributed by atoms with E-state index in [1.807, 2.05) is 0 Å². The average molecular weight is 414 g/mol. The number of amides is 2. The number of nitrogens with two attached hydrogens (primary N) is 1. The zero-order chi connectivity index (χ0) is 17.0. The summed E-state index contributed by atoms with van der Waals surface area (Å²) in [6.45, 7) is -0.553. The van der Waals surface area contributed by atoms with Gasteiger partial charge in [-0.3, -0.25) is 0 Å². The summed E-state index contributed by atoms with van der Waals surface area (Å²) < 4.78 is -1.34. The van der Waals surface area contributed by atoms with E-state index in [2.05, 4.69) is 43.1 Å². The Morgan fingerprint density at radius 1 is 1.26 bits per heavy atom. The molecule has 2 heterocycles. The van der Waals surface area contributed by atoms with E-state index < -0.39 is 60.6 Å². The zero-order valence-corrected chi connectivity index (χ0v) is 14.1. The van der Waals surface area contributed by atoms with Crippen molar-refractivity contribution in [2.75, 3.05) is 12.3 Å². The summed E-state index contributed by atoms with van der Waals surface area (Å²) in [6.07, 6.45) is -0.0561. The van der Waals surface area contributed by atoms with Crippen LogP contribution in [0.3, 0.4) is 0 Å². The van der Waals surface area contributed by atoms with Crippen LogP contribution in [0, 0.1) is 0 Å². The van der Waals surface area contributed by atoms with Crippen LogP contribution in [0.5, 0.6) is 0 Å². The van der Waals surface area contributed by atoms with Gasteiger partial charge in [0.2, 0.25) is 0 Å². The fourth-order valence-corrected chi connectivity index (χ4v) is 3.91. The Balaban J connectivity index is 2.04. The summed E-state index contributed by atoms with van der Waals surface area (Å²) >= 11 is 3.58. The number of fused-ring (bicyclic) bond motifs is 1. The first kappa shape index (κ1) is 18.0. The third-order valence-corrected chi connectivity index (χ3v) is 6.28. The average Bonchev–Trinajstić information content (AvgIpc) is 3.16. The van der Waals surface area contributed by atoms with Crippen LogP contribution in [0.15, 0.2) is 0 Å². The van der Waals surface area contributed by atoms with Gasteiger partial charge in [0.15, 0.2) is 0 Å². The predicted octanol–water partition coefficient (Wildman–Crippen LogP) is -3.05. The zero-order valence-electron chi connectivity index (χ0n) is 11.5. The van der Waals surface area contributed by atoms with Crippen molar-refractivity contribution in [2.45, 2.75) is 21.7 Å². The number of nitrogens with one attached hydrogen (secondary N) is 2. The molecular weight excluding hydrogens is 401 g/mol. The molecule has 128 valence electrons. The van der Waals surface area contributed by atoms with E-state index in [9.17, 15) is 19.2 Å². The van der Waals surface area contributed by atoms with Crippen molar-refractivity contribution >= 4 is 51.3 Å². The normalized spacial score (nSPS) is 33.1. The summed E-state index contributed by atoms with van der Waals surface area (Å²) in [5.41, 5.74) is 5.80. The molecule has 0 spiro atoms. The second-order valence-corrected chi connectivity index (χ2v) is 8.06. The van der Waals surface area contributed by atoms with Gasteiger partial charge in [-0.1, -0.05) is 0 Å². The van der Waals surface area contributed by atoms with E-state index >= 15 is 0 Å². The van der Waals surface area contributed by atoms with Gasteiger partial charge in [0.25, 0.3) is 0 Å². The van der Waals surface area contributed by atoms with Gasteiger partial charge in [0.05, 0.1) is 0 Å². The minimum absolute atomic E-state index is 0.0118. The van der Waals surface area contributed by atoms with E-state index in [1.54, 1.807) is 0 Å². The van der Waals surface area contributed by atoms with Gasteiger partial charge in [-0.15, -0.1) is 0 Å². The molecule has 2 rings (SSSR count). The Kier molecular flexibility index (Phi) is 5.83. The van der Waals surface area contributed by atoms with Crippen LogP contribution >= 0.6 is 12.6 Å². The van der Waals surface area contributed by atoms with E-state index in [4.69, 9.17) is 5.73 Å². The molecular formula is C10H13N3O8SSe. The van der Waals surface area contributed by atoms with E-state index in [0.717, 1.165) is 0 Å². The molecule has 0 aromatic rings. The van der Waals surface area contributed by atoms with Crippen molar-refractivity contribution in [1.29, 1.82) is 0 Å². The second-order valence-electron chi connectivity index (χ2n) is 4.59. The molecule has 2 amide bonds. The topological polar surface area (TPSA) is 155 Å². The molecule has 2 aliphatic heterocycles. The van der Waals surface area contributed by atoms with Crippen LogP contribution in [0.2, 0.25) is 4.82 Å². The Morgan fingerprint density at radius 3 is 2.65 bits per heavy atom. The van der Waals surface area contributed by atoms with Crippen LogP contribution < -0.4 is 16.4 Å². The molecule has 0 saturated carbocycles. The van der Waals surface area contributed by atoms with Crippen molar-refractivity contribution in [1.82, 2.24) is 10.6 Å². The molecule has 0 radical (unpaired) electrons. The van der Waals surface area contributed by atoms with Gasteiger partial charge in [0.1, 0.15) is 0 Å². The van der Waals surface area contributed by atoms with Gasteiger partial charge in [-0.25, -0.2) is 0 Å². The number of carbonyl (C=O) groups excluding carboxylic acids is 4. The fraction of sp³-hybridized carbons (Fsp3) is 0.600. The second kappa shape index (κ2) is 7.47. The Morgan fingerprint density at radius 2 is 1.96 bits per heavy atom. The number of hydrogen-bond donors (Lipinski definition) is 4. The van der Waals surface area contributed by atoms with Crippen LogP contribution in [0.1, 0.15) is 6.42 Å². The van der Waals surface area contributed by atoms with E-state index in [0.29, 0.717) is 0 Å². The van der Waals surface area contributed by atoms with Crippen LogP contribution in [-0.4, -0.2) is 61.5 Å². The maximum atomic E-state index is 11.9. The first-order valence-corrected chi connectivity index (χ1v) is 8.74. The minimum atomic E-state index is -1.34. The summed E-state index contributed by atoms with van der Waals surface area (Å²) in [7, 11) is 0. The Bertz CT molecular complexity index is 534. The number of thiol groups is 1. The third-order valence-electron chi connectivity index (χ3n) is 2.95. The summed E-state index contributed by atoms with van der Waals surface area (Å²) in [6, 6.07) is -0.952. The van der Waals surface area contributed by atoms with Crippen LogP contribution in [-0.2, 0) is 39.0 Å². The molecule has 4 N–H and O–H groups in total. The van der Waals surface area contributed by atoms with Gasteiger partial charge in [0, 0.05) is 0 Å². The van der Waals surface area contributed by atoms with Crippen LogP contribution in [0.25, 0.3) is 0 Å². The standard InChI is InChI=1S/C10H13N3O8SSe/c11-10-5(23-10)1-6(14)13-4(3-22)8(16)12-2-7(15)18-20-21-19-9(10)17/h4-5,22H,1-3,11H2,(H,12,16)(H,13,14). The van der Waals surface area contributed by atoms with E-state index in [-0.39, 0.29) is 12.2 Å². The molecule has 0 aromatic carbocycles. The summed E-state index contributed by atoms with van der Waals surface area (Å²) in [5, 5.41) is 12.6. The first-order chi connectivity index (χ1) is 10.9. The molecule has 0 aliphatic carbocycles. The van der Waals surface area contributed by atoms with Crippen molar-refractivity contribution in [3.63, 3.8) is 0 Å². The molecule has 3 atom stereocenters. The number of hydrogen-bond acceptors (Lipinski definition) is 10. The number of rotatable bonds is 1. The Labute approximate surface area is 141 Å². The summed E-state index contributed by atoms with van der Waals surface area (Å²) in [5.74, 6) is -3.06. The van der Waals surface area contributed by atoms with Crippen molar-refractivity contribution < 1.29 is 39.0 Å². The van der Waals surface area contributed by atoms with Crippen molar-refractivity contribution in [3.8, 4) is 0 Å². The molecule has 13 heteroatoms. The van der Waals surface area contributed by atoms with Gasteiger partial charge >= 0.3 is 141 Å². The molecule has 2 aliphatic rings. The van der Waals surface area contributed by atoms with Crippen LogP contribution in [0.4, 0.5) is 0 Å². The SMILES string of the molecule is NC12[Se]C1CC(=O)NC(CS)C(=O)NCC(=O)OOOOC2=O. The molecule has 2 saturated heterocycles. The Hall–Kier alpha value is -1.37. The van der Waals surface area contributed by atoms with Crippen molar-refractivity contribution in [3.05, 3.63) is 0 Å². The van der Waals surface area contributed by atoms with Gasteiger partial charge in [-0.05, 0) is 0 Å². The number of carbonyl (C=O) groups is 4. The molecule has 0 aromatic heterocycles. The van der Waals surface area contributed by atoms with Crippen molar-refractivity contribution in [2.24, 2.45) is 5.73 Å². The third kappa shape index (κ3) is 4.56. The predicted molar refractivity (Wildman–Crippen MR) is 74.2 cm³/mol. The summed E-state index contributed by atoms with van der Waals surface area (Å²) in [4.78, 5) is 54.6. The molecule has 2 fully saturated rings. The molecule has 3 unspecified atom stereocenters.